The topological polar surface area (TPSA) is 43.1 Å². The molecule has 0 unspecified atom stereocenters. The highest BCUT2D eigenvalue weighted by Gasteiger charge is 2.08. The second kappa shape index (κ2) is 5.70. The first kappa shape index (κ1) is 13.3. The minimum atomic E-state index is -0.365. The third-order valence-electron chi connectivity index (χ3n) is 3.30. The van der Waals surface area contributed by atoms with E-state index in [9.17, 15) is 4.79 Å². The van der Waals surface area contributed by atoms with Gasteiger partial charge in [0.2, 0.25) is 5.91 Å². The summed E-state index contributed by atoms with van der Waals surface area (Å²) in [5, 5.41) is 0. The Hall–Kier alpha value is -2.09. The number of hydrogen-bond donors (Lipinski definition) is 1. The second-order valence-electron chi connectivity index (χ2n) is 5.10. The number of carbonyl (C=O) groups excluding carboxylic acids is 1. The smallest absolute Gasteiger partial charge is 0.248 e. The molecular formula is C17H19NO. The van der Waals surface area contributed by atoms with Crippen LogP contribution in [0.25, 0.3) is 0 Å². The van der Waals surface area contributed by atoms with Crippen molar-refractivity contribution in [3.05, 3.63) is 70.8 Å². The van der Waals surface area contributed by atoms with Crippen molar-refractivity contribution in [2.24, 2.45) is 5.73 Å². The monoisotopic (exact) mass is 253 g/mol. The minimum Gasteiger partial charge on any atom is -0.366 e. The number of rotatable bonds is 4. The van der Waals surface area contributed by atoms with Crippen LogP contribution in [0.1, 0.15) is 46.8 Å². The Kier molecular flexibility index (Phi) is 4.00. The third kappa shape index (κ3) is 3.22. The van der Waals surface area contributed by atoms with Gasteiger partial charge in [0.25, 0.3) is 0 Å². The van der Waals surface area contributed by atoms with Gasteiger partial charge in [-0.1, -0.05) is 56.3 Å². The first-order valence-electron chi connectivity index (χ1n) is 6.54. The van der Waals surface area contributed by atoms with Gasteiger partial charge < -0.3 is 5.73 Å². The van der Waals surface area contributed by atoms with Crippen LogP contribution in [0.2, 0.25) is 0 Å². The lowest BCUT2D eigenvalue weighted by Gasteiger charge is -2.10. The van der Waals surface area contributed by atoms with Crippen molar-refractivity contribution >= 4 is 5.91 Å². The van der Waals surface area contributed by atoms with E-state index in [1.54, 1.807) is 6.07 Å². The Balaban J connectivity index is 2.31. The van der Waals surface area contributed by atoms with Crippen LogP contribution in [0, 0.1) is 0 Å². The summed E-state index contributed by atoms with van der Waals surface area (Å²) in [4.78, 5) is 11.4. The molecule has 0 aliphatic heterocycles. The van der Waals surface area contributed by atoms with Gasteiger partial charge in [-0.2, -0.15) is 0 Å². The van der Waals surface area contributed by atoms with Crippen LogP contribution >= 0.6 is 0 Å². The molecular weight excluding hydrogens is 234 g/mol. The van der Waals surface area contributed by atoms with Gasteiger partial charge in [-0.25, -0.2) is 0 Å². The van der Waals surface area contributed by atoms with Crippen LogP contribution in [-0.4, -0.2) is 5.91 Å². The molecule has 0 aromatic heterocycles. The van der Waals surface area contributed by atoms with Crippen LogP contribution in [0.3, 0.4) is 0 Å². The summed E-state index contributed by atoms with van der Waals surface area (Å²) < 4.78 is 0. The van der Waals surface area contributed by atoms with Gasteiger partial charge in [-0.15, -0.1) is 0 Å². The lowest BCUT2D eigenvalue weighted by Crippen LogP contribution is -2.13. The van der Waals surface area contributed by atoms with Crippen LogP contribution in [0.15, 0.2) is 48.5 Å². The Bertz CT molecular complexity index is 587. The van der Waals surface area contributed by atoms with E-state index in [-0.39, 0.29) is 5.91 Å². The van der Waals surface area contributed by atoms with Gasteiger partial charge in [-0.3, -0.25) is 4.79 Å². The van der Waals surface area contributed by atoms with Gasteiger partial charge in [0.1, 0.15) is 0 Å². The lowest BCUT2D eigenvalue weighted by atomic mass is 9.95. The van der Waals surface area contributed by atoms with Gasteiger partial charge in [0, 0.05) is 5.56 Å². The molecule has 0 atom stereocenters. The summed E-state index contributed by atoms with van der Waals surface area (Å²) in [7, 11) is 0. The molecule has 19 heavy (non-hydrogen) atoms. The maximum Gasteiger partial charge on any atom is 0.248 e. The number of carbonyl (C=O) groups is 1. The number of hydrogen-bond acceptors (Lipinski definition) is 1. The van der Waals surface area contributed by atoms with Crippen molar-refractivity contribution in [2.45, 2.75) is 26.2 Å². The normalized spacial score (nSPS) is 10.7. The SMILES string of the molecule is CC(C)c1cccc(Cc2ccccc2C(N)=O)c1. The first-order valence-corrected chi connectivity index (χ1v) is 6.54. The second-order valence-corrected chi connectivity index (χ2v) is 5.10. The minimum absolute atomic E-state index is 0.365. The maximum atomic E-state index is 11.4. The summed E-state index contributed by atoms with van der Waals surface area (Å²) in [6.45, 7) is 4.35. The molecule has 2 rings (SSSR count). The third-order valence-corrected chi connectivity index (χ3v) is 3.30. The molecule has 0 heterocycles. The van der Waals surface area contributed by atoms with Crippen LogP contribution in [0.5, 0.6) is 0 Å². The summed E-state index contributed by atoms with van der Waals surface area (Å²) in [5.41, 5.74) is 9.52. The largest absolute Gasteiger partial charge is 0.366 e. The van der Waals surface area contributed by atoms with E-state index in [1.165, 1.54) is 11.1 Å². The van der Waals surface area contributed by atoms with Crippen molar-refractivity contribution in [2.75, 3.05) is 0 Å². The van der Waals surface area contributed by atoms with E-state index < -0.39 is 0 Å². The number of nitrogens with two attached hydrogens (primary N) is 1. The van der Waals surface area contributed by atoms with Crippen molar-refractivity contribution in [3.8, 4) is 0 Å². The van der Waals surface area contributed by atoms with Gasteiger partial charge in [-0.05, 0) is 35.1 Å². The fourth-order valence-corrected chi connectivity index (χ4v) is 2.20. The Morgan fingerprint density at radius 3 is 2.53 bits per heavy atom. The Labute approximate surface area is 114 Å². The number of amides is 1. The molecule has 2 heteroatoms. The molecule has 1 amide bonds. The molecule has 2 nitrogen and oxygen atoms in total. The van der Waals surface area contributed by atoms with Crippen LogP contribution in [0.4, 0.5) is 0 Å². The number of primary amides is 1. The molecule has 0 spiro atoms. The van der Waals surface area contributed by atoms with Crippen LogP contribution in [-0.2, 0) is 6.42 Å². The zero-order valence-corrected chi connectivity index (χ0v) is 11.4. The van der Waals surface area contributed by atoms with E-state index in [1.807, 2.05) is 18.2 Å². The van der Waals surface area contributed by atoms with E-state index in [4.69, 9.17) is 5.73 Å². The summed E-state index contributed by atoms with van der Waals surface area (Å²) in [6, 6.07) is 16.0. The Morgan fingerprint density at radius 2 is 1.84 bits per heavy atom. The molecule has 0 fully saturated rings. The highest BCUT2D eigenvalue weighted by Crippen LogP contribution is 2.19. The average molecular weight is 253 g/mol. The molecule has 2 aromatic rings. The Morgan fingerprint density at radius 1 is 1.11 bits per heavy atom. The van der Waals surface area contributed by atoms with Crippen LogP contribution < -0.4 is 5.73 Å². The zero-order chi connectivity index (χ0) is 13.8. The van der Waals surface area contributed by atoms with E-state index >= 15 is 0 Å². The summed E-state index contributed by atoms with van der Waals surface area (Å²) >= 11 is 0. The summed E-state index contributed by atoms with van der Waals surface area (Å²) in [6.07, 6.45) is 0.736. The molecule has 0 aliphatic rings. The van der Waals surface area contributed by atoms with Gasteiger partial charge >= 0.3 is 0 Å². The maximum absolute atomic E-state index is 11.4. The number of benzene rings is 2. The van der Waals surface area contributed by atoms with Crippen molar-refractivity contribution < 1.29 is 4.79 Å². The van der Waals surface area contributed by atoms with Gasteiger partial charge in [0.05, 0.1) is 0 Å². The molecule has 2 N–H and O–H groups in total. The predicted molar refractivity (Wildman–Crippen MR) is 78.3 cm³/mol. The quantitative estimate of drug-likeness (QED) is 0.890. The first-order chi connectivity index (χ1) is 9.08. The molecule has 0 radical (unpaired) electrons. The average Bonchev–Trinajstić information content (AvgIpc) is 2.39. The van der Waals surface area contributed by atoms with Crippen molar-refractivity contribution in [3.63, 3.8) is 0 Å². The molecule has 0 bridgehead atoms. The molecule has 0 saturated heterocycles. The zero-order valence-electron chi connectivity index (χ0n) is 11.4. The van der Waals surface area contributed by atoms with Gasteiger partial charge in [0.15, 0.2) is 0 Å². The molecule has 98 valence electrons. The van der Waals surface area contributed by atoms with E-state index in [2.05, 4.69) is 38.1 Å². The highest BCUT2D eigenvalue weighted by molar-refractivity contribution is 5.94. The summed E-state index contributed by atoms with van der Waals surface area (Å²) in [5.74, 6) is 0.141. The molecule has 0 aliphatic carbocycles. The molecule has 2 aromatic carbocycles. The predicted octanol–water partition coefficient (Wildman–Crippen LogP) is 3.50. The molecule has 0 saturated carbocycles. The standard InChI is InChI=1S/C17H19NO/c1-12(2)14-8-5-6-13(10-14)11-15-7-3-4-9-16(15)17(18)19/h3-10,12H,11H2,1-2H3,(H2,18,19). The van der Waals surface area contributed by atoms with Crippen molar-refractivity contribution in [1.29, 1.82) is 0 Å². The van der Waals surface area contributed by atoms with Crippen molar-refractivity contribution in [1.82, 2.24) is 0 Å². The fourth-order valence-electron chi connectivity index (χ4n) is 2.20. The lowest BCUT2D eigenvalue weighted by molar-refractivity contribution is 0.0999. The highest BCUT2D eigenvalue weighted by atomic mass is 16.1. The fraction of sp³-hybridized carbons (Fsp3) is 0.235. The van der Waals surface area contributed by atoms with E-state index in [0.29, 0.717) is 11.5 Å². The van der Waals surface area contributed by atoms with E-state index in [0.717, 1.165) is 12.0 Å².